The molecule has 4 nitrogen and oxygen atoms in total. The van der Waals surface area contributed by atoms with Crippen LogP contribution < -0.4 is 5.56 Å². The molecule has 0 atom stereocenters. The number of benzene rings is 1. The number of nitrogens with zero attached hydrogens (tertiary/aromatic N) is 3. The average Bonchev–Trinajstić information content (AvgIpc) is 2.88. The fraction of sp³-hybridized carbons (Fsp3) is 0.267. The largest absolute Gasteiger partial charge is 0.416 e. The van der Waals surface area contributed by atoms with Crippen LogP contribution in [0.5, 0.6) is 0 Å². The fourth-order valence-electron chi connectivity index (χ4n) is 2.13. The first kappa shape index (κ1) is 15.7. The van der Waals surface area contributed by atoms with E-state index in [9.17, 15) is 18.0 Å². The Morgan fingerprint density at radius 1 is 1.26 bits per heavy atom. The molecule has 0 N–H and O–H groups in total. The normalized spacial score (nSPS) is 12.0. The SMILES string of the molecule is Cc1cnn(Cc2nc3cc(C(F)(F)F)ccc3s2)c(=O)c1C. The van der Waals surface area contributed by atoms with Gasteiger partial charge in [-0.2, -0.15) is 18.3 Å². The molecule has 0 radical (unpaired) electrons. The minimum absolute atomic E-state index is 0.140. The number of thiazole rings is 1. The number of alkyl halides is 3. The molecular formula is C15H12F3N3OS. The van der Waals surface area contributed by atoms with Crippen molar-refractivity contribution in [2.45, 2.75) is 26.6 Å². The van der Waals surface area contributed by atoms with Crippen molar-refractivity contribution in [1.82, 2.24) is 14.8 Å². The van der Waals surface area contributed by atoms with Crippen LogP contribution in [-0.2, 0) is 12.7 Å². The third-order valence-corrected chi connectivity index (χ3v) is 4.60. The third-order valence-electron chi connectivity index (χ3n) is 3.58. The van der Waals surface area contributed by atoms with E-state index < -0.39 is 11.7 Å². The van der Waals surface area contributed by atoms with Gasteiger partial charge in [0.1, 0.15) is 5.01 Å². The van der Waals surface area contributed by atoms with Crippen molar-refractivity contribution in [3.63, 3.8) is 0 Å². The quantitative estimate of drug-likeness (QED) is 0.717. The topological polar surface area (TPSA) is 47.8 Å². The maximum Gasteiger partial charge on any atom is 0.416 e. The first-order valence-corrected chi connectivity index (χ1v) is 7.57. The second-order valence-electron chi connectivity index (χ2n) is 5.20. The molecule has 0 fully saturated rings. The summed E-state index contributed by atoms with van der Waals surface area (Å²) < 4.78 is 40.1. The van der Waals surface area contributed by atoms with Crippen LogP contribution >= 0.6 is 11.3 Å². The highest BCUT2D eigenvalue weighted by molar-refractivity contribution is 7.18. The smallest absolute Gasteiger partial charge is 0.267 e. The van der Waals surface area contributed by atoms with E-state index in [4.69, 9.17) is 0 Å². The van der Waals surface area contributed by atoms with Crippen molar-refractivity contribution in [3.8, 4) is 0 Å². The molecule has 2 aromatic heterocycles. The van der Waals surface area contributed by atoms with Crippen LogP contribution in [0.1, 0.15) is 21.7 Å². The highest BCUT2D eigenvalue weighted by atomic mass is 32.1. The van der Waals surface area contributed by atoms with Crippen molar-refractivity contribution >= 4 is 21.6 Å². The van der Waals surface area contributed by atoms with Gasteiger partial charge in [-0.3, -0.25) is 4.79 Å². The predicted molar refractivity (Wildman–Crippen MR) is 81.7 cm³/mol. The van der Waals surface area contributed by atoms with Gasteiger partial charge in [0.15, 0.2) is 0 Å². The van der Waals surface area contributed by atoms with Crippen LogP contribution in [-0.4, -0.2) is 14.8 Å². The summed E-state index contributed by atoms with van der Waals surface area (Å²) in [5, 5.41) is 4.59. The standard InChI is InChI=1S/C15H12F3N3OS/c1-8-6-19-21(14(22)9(8)2)7-13-20-11-5-10(15(16,17)18)3-4-12(11)23-13/h3-6H,7H2,1-2H3. The summed E-state index contributed by atoms with van der Waals surface area (Å²) >= 11 is 1.25. The average molecular weight is 339 g/mol. The van der Waals surface area contributed by atoms with Crippen molar-refractivity contribution in [2.24, 2.45) is 0 Å². The monoisotopic (exact) mass is 339 g/mol. The number of rotatable bonds is 2. The molecule has 0 bridgehead atoms. The first-order valence-electron chi connectivity index (χ1n) is 6.75. The van der Waals surface area contributed by atoms with Crippen LogP contribution in [0.15, 0.2) is 29.2 Å². The summed E-state index contributed by atoms with van der Waals surface area (Å²) in [6.07, 6.45) is -2.81. The van der Waals surface area contributed by atoms with Gasteiger partial charge >= 0.3 is 6.18 Å². The summed E-state index contributed by atoms with van der Waals surface area (Å²) in [6, 6.07) is 3.45. The van der Waals surface area contributed by atoms with Crippen LogP contribution in [0.4, 0.5) is 13.2 Å². The van der Waals surface area contributed by atoms with E-state index in [1.165, 1.54) is 22.1 Å². The lowest BCUT2D eigenvalue weighted by Crippen LogP contribution is -2.25. The Kier molecular flexibility index (Phi) is 3.71. The zero-order chi connectivity index (χ0) is 16.8. The van der Waals surface area contributed by atoms with Crippen molar-refractivity contribution in [3.05, 3.63) is 56.4 Å². The summed E-state index contributed by atoms with van der Waals surface area (Å²) in [7, 11) is 0. The summed E-state index contributed by atoms with van der Waals surface area (Å²) in [6.45, 7) is 3.65. The van der Waals surface area contributed by atoms with E-state index in [0.717, 1.165) is 17.7 Å². The van der Waals surface area contributed by atoms with E-state index in [0.29, 0.717) is 15.3 Å². The lowest BCUT2D eigenvalue weighted by atomic mass is 10.2. The Bertz CT molecular complexity index is 943. The Balaban J connectivity index is 1.99. The Morgan fingerprint density at radius 2 is 2.00 bits per heavy atom. The number of halogens is 3. The van der Waals surface area contributed by atoms with Gasteiger partial charge in [0, 0.05) is 5.56 Å². The fourth-order valence-corrected chi connectivity index (χ4v) is 3.06. The van der Waals surface area contributed by atoms with Gasteiger partial charge in [0.05, 0.1) is 28.5 Å². The number of hydrogen-bond donors (Lipinski definition) is 0. The second kappa shape index (κ2) is 5.45. The minimum Gasteiger partial charge on any atom is -0.267 e. The predicted octanol–water partition coefficient (Wildman–Crippen LogP) is 3.54. The molecule has 8 heteroatoms. The lowest BCUT2D eigenvalue weighted by molar-refractivity contribution is -0.137. The van der Waals surface area contributed by atoms with E-state index in [1.807, 2.05) is 0 Å². The minimum atomic E-state index is -4.40. The number of aryl methyl sites for hydroxylation is 1. The molecule has 0 unspecified atom stereocenters. The summed E-state index contributed by atoms with van der Waals surface area (Å²) in [5.41, 5.74) is 0.714. The zero-order valence-corrected chi connectivity index (χ0v) is 13.1. The van der Waals surface area contributed by atoms with Gasteiger partial charge in [-0.25, -0.2) is 9.67 Å². The maximum absolute atomic E-state index is 12.7. The molecule has 2 heterocycles. The molecule has 0 saturated heterocycles. The van der Waals surface area contributed by atoms with E-state index in [1.54, 1.807) is 20.0 Å². The molecule has 0 aliphatic heterocycles. The van der Waals surface area contributed by atoms with Gasteiger partial charge in [0.25, 0.3) is 5.56 Å². The van der Waals surface area contributed by atoms with Crippen LogP contribution in [0.25, 0.3) is 10.2 Å². The third kappa shape index (κ3) is 2.98. The Hall–Kier alpha value is -2.22. The lowest BCUT2D eigenvalue weighted by Gasteiger charge is -2.05. The maximum atomic E-state index is 12.7. The molecule has 3 aromatic rings. The highest BCUT2D eigenvalue weighted by Crippen LogP contribution is 2.32. The highest BCUT2D eigenvalue weighted by Gasteiger charge is 2.30. The molecule has 0 spiro atoms. The van der Waals surface area contributed by atoms with Gasteiger partial charge in [0.2, 0.25) is 0 Å². The zero-order valence-electron chi connectivity index (χ0n) is 12.3. The number of fused-ring (bicyclic) bond motifs is 1. The van der Waals surface area contributed by atoms with Crippen molar-refractivity contribution < 1.29 is 13.2 Å². The van der Waals surface area contributed by atoms with Gasteiger partial charge in [-0.15, -0.1) is 11.3 Å². The first-order chi connectivity index (χ1) is 10.8. The molecule has 0 saturated carbocycles. The molecule has 23 heavy (non-hydrogen) atoms. The molecule has 0 amide bonds. The van der Waals surface area contributed by atoms with Gasteiger partial charge in [-0.1, -0.05) is 0 Å². The molecule has 120 valence electrons. The summed E-state index contributed by atoms with van der Waals surface area (Å²) in [4.78, 5) is 16.3. The van der Waals surface area contributed by atoms with Gasteiger partial charge in [-0.05, 0) is 37.6 Å². The van der Waals surface area contributed by atoms with Gasteiger partial charge < -0.3 is 0 Å². The van der Waals surface area contributed by atoms with E-state index in [-0.39, 0.29) is 17.6 Å². The van der Waals surface area contributed by atoms with Crippen molar-refractivity contribution in [2.75, 3.05) is 0 Å². The number of aromatic nitrogens is 3. The van der Waals surface area contributed by atoms with E-state index >= 15 is 0 Å². The molecule has 3 rings (SSSR count). The second-order valence-corrected chi connectivity index (χ2v) is 6.32. The molecule has 0 aliphatic rings. The van der Waals surface area contributed by atoms with E-state index in [2.05, 4.69) is 10.1 Å². The van der Waals surface area contributed by atoms with Crippen LogP contribution in [0.2, 0.25) is 0 Å². The summed E-state index contributed by atoms with van der Waals surface area (Å²) in [5.74, 6) is 0. The Morgan fingerprint density at radius 3 is 2.70 bits per heavy atom. The molecular weight excluding hydrogens is 327 g/mol. The number of hydrogen-bond acceptors (Lipinski definition) is 4. The Labute approximate surface area is 133 Å². The molecule has 1 aromatic carbocycles. The molecule has 0 aliphatic carbocycles. The van der Waals surface area contributed by atoms with Crippen LogP contribution in [0.3, 0.4) is 0 Å². The van der Waals surface area contributed by atoms with Crippen LogP contribution in [0, 0.1) is 13.8 Å². The van der Waals surface area contributed by atoms with Crippen molar-refractivity contribution in [1.29, 1.82) is 0 Å².